The van der Waals surface area contributed by atoms with Crippen molar-refractivity contribution in [2.24, 2.45) is 0 Å². The van der Waals surface area contributed by atoms with Gasteiger partial charge in [-0.3, -0.25) is 10.1 Å². The first-order valence-corrected chi connectivity index (χ1v) is 10.7. The summed E-state index contributed by atoms with van der Waals surface area (Å²) in [6.07, 6.45) is 3.53. The Morgan fingerprint density at radius 2 is 2.00 bits per heavy atom. The Kier molecular flexibility index (Phi) is 6.56. The molecule has 0 amide bonds. The van der Waals surface area contributed by atoms with E-state index in [-0.39, 0.29) is 28.6 Å². The van der Waals surface area contributed by atoms with Crippen LogP contribution in [0.3, 0.4) is 0 Å². The Labute approximate surface area is 197 Å². The lowest BCUT2D eigenvalue weighted by molar-refractivity contribution is -0.386. The van der Waals surface area contributed by atoms with E-state index in [0.29, 0.717) is 47.9 Å². The van der Waals surface area contributed by atoms with E-state index in [9.17, 15) is 10.1 Å². The van der Waals surface area contributed by atoms with Crippen molar-refractivity contribution >= 4 is 39.9 Å². The van der Waals surface area contributed by atoms with Gasteiger partial charge in [0.1, 0.15) is 11.4 Å². The second kappa shape index (κ2) is 9.55. The van der Waals surface area contributed by atoms with Crippen LogP contribution in [0.2, 0.25) is 10.4 Å². The third kappa shape index (κ3) is 4.52. The summed E-state index contributed by atoms with van der Waals surface area (Å²) in [7, 11) is 0. The van der Waals surface area contributed by atoms with Crippen molar-refractivity contribution in [3.63, 3.8) is 0 Å². The number of aromatic nitrogens is 7. The van der Waals surface area contributed by atoms with Gasteiger partial charge in [-0.05, 0) is 37.6 Å². The summed E-state index contributed by atoms with van der Waals surface area (Å²) in [6, 6.07) is 3.41. The van der Waals surface area contributed by atoms with Crippen molar-refractivity contribution in [2.75, 3.05) is 13.2 Å². The molecule has 4 aromatic rings. The molecule has 14 heteroatoms. The van der Waals surface area contributed by atoms with E-state index < -0.39 is 4.92 Å². The van der Waals surface area contributed by atoms with E-state index in [0.717, 1.165) is 0 Å². The van der Waals surface area contributed by atoms with Crippen molar-refractivity contribution < 1.29 is 14.4 Å². The lowest BCUT2D eigenvalue weighted by Crippen LogP contribution is -2.08. The summed E-state index contributed by atoms with van der Waals surface area (Å²) >= 11 is 12.0. The number of ether oxygens (including phenoxy) is 2. The van der Waals surface area contributed by atoms with Crippen molar-refractivity contribution in [2.45, 2.75) is 26.8 Å². The molecular weight excluding hydrogens is 475 g/mol. The number of rotatable bonds is 9. The fourth-order valence-electron chi connectivity index (χ4n) is 3.24. The highest BCUT2D eigenvalue weighted by Crippen LogP contribution is 2.33. The van der Waals surface area contributed by atoms with Crippen molar-refractivity contribution in [3.05, 3.63) is 50.8 Å². The van der Waals surface area contributed by atoms with Crippen LogP contribution in [-0.4, -0.2) is 52.6 Å². The lowest BCUT2D eigenvalue weighted by Gasteiger charge is -2.09. The van der Waals surface area contributed by atoms with Gasteiger partial charge >= 0.3 is 11.6 Å². The third-order valence-electron chi connectivity index (χ3n) is 4.66. The quantitative estimate of drug-likeness (QED) is 0.148. The van der Waals surface area contributed by atoms with Gasteiger partial charge in [-0.25, -0.2) is 19.3 Å². The van der Waals surface area contributed by atoms with E-state index in [2.05, 4.69) is 25.1 Å². The molecule has 12 nitrogen and oxygen atoms in total. The number of hydrogen-bond donors (Lipinski definition) is 0. The van der Waals surface area contributed by atoms with Crippen LogP contribution in [0.15, 0.2) is 24.5 Å². The lowest BCUT2D eigenvalue weighted by atomic mass is 10.3. The standard InChI is InChI=1S/C19H18Cl2N8O4/c1-3-32-17-13(6-4-7-22-17)28-11(2)14(29(30)31)18(26-28)33-9-5-8-27-16-12(15(20)25-27)10-23-19(21)24-16/h4,6-7,10H,3,5,8-9H2,1-2H3. The van der Waals surface area contributed by atoms with E-state index in [1.54, 1.807) is 29.9 Å². The molecule has 172 valence electrons. The molecule has 0 fully saturated rings. The molecule has 0 saturated heterocycles. The Morgan fingerprint density at radius 3 is 2.76 bits per heavy atom. The maximum Gasteiger partial charge on any atom is 0.353 e. The normalized spacial score (nSPS) is 11.2. The largest absolute Gasteiger partial charge is 0.476 e. The predicted octanol–water partition coefficient (Wildman–Crippen LogP) is 3.80. The van der Waals surface area contributed by atoms with Crippen LogP contribution in [-0.2, 0) is 6.54 Å². The topological polar surface area (TPSA) is 136 Å². The van der Waals surface area contributed by atoms with E-state index in [1.807, 2.05) is 6.92 Å². The number of aryl methyl sites for hydroxylation is 1. The van der Waals surface area contributed by atoms with Crippen molar-refractivity contribution in [1.82, 2.24) is 34.5 Å². The minimum atomic E-state index is -0.523. The number of nitro groups is 1. The maximum absolute atomic E-state index is 11.7. The number of halogens is 2. The molecule has 4 aromatic heterocycles. The highest BCUT2D eigenvalue weighted by molar-refractivity contribution is 6.34. The van der Waals surface area contributed by atoms with Crippen LogP contribution in [0.4, 0.5) is 5.69 Å². The van der Waals surface area contributed by atoms with Gasteiger partial charge in [0.2, 0.25) is 11.2 Å². The first kappa shape index (κ1) is 22.7. The van der Waals surface area contributed by atoms with E-state index >= 15 is 0 Å². The molecule has 0 unspecified atom stereocenters. The molecule has 0 aliphatic heterocycles. The fourth-order valence-corrected chi connectivity index (χ4v) is 3.60. The number of nitrogens with zero attached hydrogens (tertiary/aromatic N) is 8. The first-order valence-electron chi connectivity index (χ1n) is 9.90. The summed E-state index contributed by atoms with van der Waals surface area (Å²) in [5, 5.41) is 21.1. The maximum atomic E-state index is 11.7. The highest BCUT2D eigenvalue weighted by Gasteiger charge is 2.28. The third-order valence-corrected chi connectivity index (χ3v) is 5.13. The predicted molar refractivity (Wildman–Crippen MR) is 119 cm³/mol. The number of hydrogen-bond acceptors (Lipinski definition) is 9. The van der Waals surface area contributed by atoms with Gasteiger partial charge in [0.25, 0.3) is 0 Å². The summed E-state index contributed by atoms with van der Waals surface area (Å²) in [6.45, 7) is 4.32. The van der Waals surface area contributed by atoms with E-state index in [4.69, 9.17) is 32.7 Å². The first-order chi connectivity index (χ1) is 15.9. The van der Waals surface area contributed by atoms with Crippen LogP contribution in [0.25, 0.3) is 16.7 Å². The molecule has 0 atom stereocenters. The molecule has 0 aromatic carbocycles. The average molecular weight is 493 g/mol. The van der Waals surface area contributed by atoms with E-state index in [1.165, 1.54) is 10.9 Å². The fraction of sp³-hybridized carbons (Fsp3) is 0.316. The molecule has 0 radical (unpaired) electrons. The molecule has 0 saturated carbocycles. The zero-order valence-electron chi connectivity index (χ0n) is 17.6. The Bertz CT molecular complexity index is 1320. The van der Waals surface area contributed by atoms with Gasteiger partial charge in [0.05, 0.1) is 23.5 Å². The SMILES string of the molecule is CCOc1ncccc1-n1nc(OCCCn2nc(Cl)c3cnc(Cl)nc32)c([N+](=O)[O-])c1C. The van der Waals surface area contributed by atoms with Crippen molar-refractivity contribution in [3.8, 4) is 17.4 Å². The molecule has 0 bridgehead atoms. The minimum absolute atomic E-state index is 0.0787. The zero-order chi connectivity index (χ0) is 23.5. The van der Waals surface area contributed by atoms with Gasteiger partial charge in [0.15, 0.2) is 10.8 Å². The molecule has 0 spiro atoms. The zero-order valence-corrected chi connectivity index (χ0v) is 19.1. The van der Waals surface area contributed by atoms with Crippen LogP contribution in [0, 0.1) is 17.0 Å². The molecule has 4 rings (SSSR count). The Balaban J connectivity index is 1.53. The molecule has 0 N–H and O–H groups in total. The number of fused-ring (bicyclic) bond motifs is 1. The molecule has 4 heterocycles. The minimum Gasteiger partial charge on any atom is -0.476 e. The molecule has 0 aliphatic rings. The number of pyridine rings is 1. The van der Waals surface area contributed by atoms with Crippen molar-refractivity contribution in [1.29, 1.82) is 0 Å². The van der Waals surface area contributed by atoms with Crippen LogP contribution in [0.5, 0.6) is 11.8 Å². The second-order valence-electron chi connectivity index (χ2n) is 6.76. The monoisotopic (exact) mass is 492 g/mol. The Morgan fingerprint density at radius 1 is 1.18 bits per heavy atom. The summed E-state index contributed by atoms with van der Waals surface area (Å²) in [5.41, 5.74) is 1.03. The van der Waals surface area contributed by atoms with Gasteiger partial charge < -0.3 is 9.47 Å². The van der Waals surface area contributed by atoms with Crippen LogP contribution in [0.1, 0.15) is 19.0 Å². The van der Waals surface area contributed by atoms with Crippen LogP contribution >= 0.6 is 23.2 Å². The Hall–Kier alpha value is -3.51. The summed E-state index contributed by atoms with van der Waals surface area (Å²) in [5.74, 6) is 0.215. The van der Waals surface area contributed by atoms with Gasteiger partial charge in [-0.15, -0.1) is 5.10 Å². The van der Waals surface area contributed by atoms with Crippen LogP contribution < -0.4 is 9.47 Å². The summed E-state index contributed by atoms with van der Waals surface area (Å²) < 4.78 is 14.2. The highest BCUT2D eigenvalue weighted by atomic mass is 35.5. The molecule has 0 aliphatic carbocycles. The molecular formula is C19H18Cl2N8O4. The van der Waals surface area contributed by atoms with Gasteiger partial charge in [0, 0.05) is 25.4 Å². The second-order valence-corrected chi connectivity index (χ2v) is 7.46. The average Bonchev–Trinajstić information content (AvgIpc) is 3.28. The van der Waals surface area contributed by atoms with Gasteiger partial charge in [-0.1, -0.05) is 11.6 Å². The smallest absolute Gasteiger partial charge is 0.353 e. The molecule has 33 heavy (non-hydrogen) atoms. The van der Waals surface area contributed by atoms with Gasteiger partial charge in [-0.2, -0.15) is 10.1 Å². The summed E-state index contributed by atoms with van der Waals surface area (Å²) in [4.78, 5) is 23.4.